The molecular weight excluding hydrogens is 316 g/mol. The van der Waals surface area contributed by atoms with E-state index in [4.69, 9.17) is 14.2 Å². The van der Waals surface area contributed by atoms with Crippen LogP contribution in [0.5, 0.6) is 5.75 Å². The summed E-state index contributed by atoms with van der Waals surface area (Å²) in [6.45, 7) is 1.14. The van der Waals surface area contributed by atoms with Crippen LogP contribution in [0.1, 0.15) is 31.2 Å². The van der Waals surface area contributed by atoms with Crippen LogP contribution < -0.4 is 4.74 Å². The molecule has 0 aromatic heterocycles. The molecule has 1 heterocycles. The Morgan fingerprint density at radius 2 is 1.64 bits per heavy atom. The lowest BCUT2D eigenvalue weighted by molar-refractivity contribution is -0.142. The zero-order valence-corrected chi connectivity index (χ0v) is 14.3. The number of hydrogen-bond acceptors (Lipinski definition) is 4. The number of ether oxygens (including phenoxy) is 3. The molecule has 25 heavy (non-hydrogen) atoms. The van der Waals surface area contributed by atoms with Gasteiger partial charge < -0.3 is 14.2 Å². The van der Waals surface area contributed by atoms with Gasteiger partial charge in [-0.05, 0) is 37.0 Å². The van der Waals surface area contributed by atoms with Gasteiger partial charge in [-0.25, -0.2) is 0 Å². The highest BCUT2D eigenvalue weighted by Gasteiger charge is 2.25. The van der Waals surface area contributed by atoms with Crippen molar-refractivity contribution < 1.29 is 19.0 Å². The van der Waals surface area contributed by atoms with Crippen LogP contribution in [0, 0.1) is 0 Å². The summed E-state index contributed by atoms with van der Waals surface area (Å²) in [5, 5.41) is 0. The van der Waals surface area contributed by atoms with E-state index >= 15 is 0 Å². The van der Waals surface area contributed by atoms with Crippen molar-refractivity contribution in [3.63, 3.8) is 0 Å². The normalized spacial score (nSPS) is 20.2. The minimum Gasteiger partial charge on any atom is -0.426 e. The van der Waals surface area contributed by atoms with Crippen LogP contribution in [0.15, 0.2) is 60.7 Å². The highest BCUT2D eigenvalue weighted by Crippen LogP contribution is 2.22. The molecule has 1 saturated heterocycles. The van der Waals surface area contributed by atoms with E-state index in [0.717, 1.165) is 24.8 Å². The Kier molecular flexibility index (Phi) is 6.60. The molecule has 0 saturated carbocycles. The summed E-state index contributed by atoms with van der Waals surface area (Å²) in [6, 6.07) is 19.2. The first-order chi connectivity index (χ1) is 12.3. The summed E-state index contributed by atoms with van der Waals surface area (Å²) >= 11 is 0. The van der Waals surface area contributed by atoms with Crippen LogP contribution in [0.3, 0.4) is 0 Å². The topological polar surface area (TPSA) is 44.8 Å². The number of carbonyl (C=O) groups is 1. The van der Waals surface area contributed by atoms with Crippen molar-refractivity contribution in [2.24, 2.45) is 0 Å². The molecule has 4 heteroatoms. The molecule has 1 aliphatic rings. The molecule has 1 aliphatic heterocycles. The second-order valence-electron chi connectivity index (χ2n) is 6.30. The molecule has 132 valence electrons. The highest BCUT2D eigenvalue weighted by atomic mass is 16.6. The Balaban J connectivity index is 1.39. The van der Waals surface area contributed by atoms with Crippen molar-refractivity contribution in [3.05, 3.63) is 66.2 Å². The minimum atomic E-state index is -0.248. The second kappa shape index (κ2) is 9.35. The SMILES string of the molecule is O=C(C[C@H]1CCC[C@@H](COCc2ccccc2)O1)Oc1ccccc1. The number of para-hydroxylation sites is 1. The van der Waals surface area contributed by atoms with Gasteiger partial charge in [0, 0.05) is 0 Å². The Morgan fingerprint density at radius 3 is 2.40 bits per heavy atom. The molecule has 0 aliphatic carbocycles. The van der Waals surface area contributed by atoms with Crippen LogP contribution in [0.2, 0.25) is 0 Å². The van der Waals surface area contributed by atoms with Crippen molar-refractivity contribution in [2.75, 3.05) is 6.61 Å². The fraction of sp³-hybridized carbons (Fsp3) is 0.381. The lowest BCUT2D eigenvalue weighted by Crippen LogP contribution is -2.33. The molecule has 2 atom stereocenters. The highest BCUT2D eigenvalue weighted by molar-refractivity contribution is 5.72. The van der Waals surface area contributed by atoms with Crippen molar-refractivity contribution in [3.8, 4) is 5.75 Å². The maximum absolute atomic E-state index is 12.1. The molecule has 1 fully saturated rings. The number of carbonyl (C=O) groups excluding carboxylic acids is 1. The van der Waals surface area contributed by atoms with E-state index < -0.39 is 0 Å². The maximum Gasteiger partial charge on any atom is 0.313 e. The van der Waals surface area contributed by atoms with Crippen molar-refractivity contribution in [1.29, 1.82) is 0 Å². The van der Waals surface area contributed by atoms with E-state index in [-0.39, 0.29) is 24.6 Å². The first-order valence-corrected chi connectivity index (χ1v) is 8.82. The van der Waals surface area contributed by atoms with Gasteiger partial charge in [-0.3, -0.25) is 4.79 Å². The van der Waals surface area contributed by atoms with E-state index in [0.29, 0.717) is 19.0 Å². The van der Waals surface area contributed by atoms with Crippen molar-refractivity contribution >= 4 is 5.97 Å². The zero-order valence-electron chi connectivity index (χ0n) is 14.3. The smallest absolute Gasteiger partial charge is 0.313 e. The third-order valence-electron chi connectivity index (χ3n) is 4.22. The molecule has 0 unspecified atom stereocenters. The third-order valence-corrected chi connectivity index (χ3v) is 4.22. The van der Waals surface area contributed by atoms with E-state index in [9.17, 15) is 4.79 Å². The maximum atomic E-state index is 12.1. The van der Waals surface area contributed by atoms with Gasteiger partial charge >= 0.3 is 5.97 Å². The van der Waals surface area contributed by atoms with Gasteiger partial charge in [0.1, 0.15) is 5.75 Å². The van der Waals surface area contributed by atoms with E-state index in [2.05, 4.69) is 0 Å². The number of esters is 1. The Labute approximate surface area is 148 Å². The predicted molar refractivity (Wildman–Crippen MR) is 95.3 cm³/mol. The van der Waals surface area contributed by atoms with Gasteiger partial charge in [0.15, 0.2) is 0 Å². The molecule has 3 rings (SSSR count). The monoisotopic (exact) mass is 340 g/mol. The van der Waals surface area contributed by atoms with Crippen LogP contribution in [0.25, 0.3) is 0 Å². The van der Waals surface area contributed by atoms with Gasteiger partial charge in [-0.2, -0.15) is 0 Å². The lowest BCUT2D eigenvalue weighted by atomic mass is 10.0. The standard InChI is InChI=1S/C21H24O4/c22-21(25-18-10-5-2-6-11-18)14-19-12-7-13-20(24-19)16-23-15-17-8-3-1-4-9-17/h1-6,8-11,19-20H,7,12-16H2/t19-,20+/m1/s1. The van der Waals surface area contributed by atoms with E-state index in [1.807, 2.05) is 48.5 Å². The van der Waals surface area contributed by atoms with Gasteiger partial charge in [-0.1, -0.05) is 48.5 Å². The van der Waals surface area contributed by atoms with Crippen molar-refractivity contribution in [2.45, 2.75) is 44.5 Å². The summed E-state index contributed by atoms with van der Waals surface area (Å²) in [6.07, 6.45) is 3.15. The summed E-state index contributed by atoms with van der Waals surface area (Å²) in [5.41, 5.74) is 1.15. The molecule has 0 N–H and O–H groups in total. The average Bonchev–Trinajstić information content (AvgIpc) is 2.64. The average molecular weight is 340 g/mol. The van der Waals surface area contributed by atoms with Crippen LogP contribution in [-0.4, -0.2) is 24.8 Å². The Bertz CT molecular complexity index is 641. The lowest BCUT2D eigenvalue weighted by Gasteiger charge is -2.29. The van der Waals surface area contributed by atoms with Gasteiger partial charge in [0.05, 0.1) is 31.8 Å². The quantitative estimate of drug-likeness (QED) is 0.561. The van der Waals surface area contributed by atoms with Gasteiger partial charge in [0.25, 0.3) is 0 Å². The summed E-state index contributed by atoms with van der Waals surface area (Å²) in [7, 11) is 0. The van der Waals surface area contributed by atoms with Crippen LogP contribution in [-0.2, 0) is 20.9 Å². The Morgan fingerprint density at radius 1 is 0.960 bits per heavy atom. The first kappa shape index (κ1) is 17.6. The van der Waals surface area contributed by atoms with E-state index in [1.165, 1.54) is 0 Å². The summed E-state index contributed by atoms with van der Waals surface area (Å²) < 4.78 is 17.1. The summed E-state index contributed by atoms with van der Waals surface area (Å²) in [5.74, 6) is 0.327. The van der Waals surface area contributed by atoms with Crippen LogP contribution in [0.4, 0.5) is 0 Å². The fourth-order valence-corrected chi connectivity index (χ4v) is 2.98. The number of benzene rings is 2. The molecule has 2 aromatic carbocycles. The Hall–Kier alpha value is -2.17. The van der Waals surface area contributed by atoms with E-state index in [1.54, 1.807) is 12.1 Å². The molecule has 0 amide bonds. The molecule has 2 aromatic rings. The zero-order chi connectivity index (χ0) is 17.3. The first-order valence-electron chi connectivity index (χ1n) is 8.82. The van der Waals surface area contributed by atoms with Crippen molar-refractivity contribution in [1.82, 2.24) is 0 Å². The molecule has 0 spiro atoms. The molecule has 0 radical (unpaired) electrons. The molecular formula is C21H24O4. The van der Waals surface area contributed by atoms with Crippen LogP contribution >= 0.6 is 0 Å². The number of hydrogen-bond donors (Lipinski definition) is 0. The van der Waals surface area contributed by atoms with Gasteiger partial charge in [-0.15, -0.1) is 0 Å². The third kappa shape index (κ3) is 6.00. The largest absolute Gasteiger partial charge is 0.426 e. The minimum absolute atomic E-state index is 0.0481. The summed E-state index contributed by atoms with van der Waals surface area (Å²) in [4.78, 5) is 12.1. The second-order valence-corrected chi connectivity index (χ2v) is 6.30. The molecule has 0 bridgehead atoms. The predicted octanol–water partition coefficient (Wildman–Crippen LogP) is 4.14. The molecule has 4 nitrogen and oxygen atoms in total. The fourth-order valence-electron chi connectivity index (χ4n) is 2.98. The van der Waals surface area contributed by atoms with Gasteiger partial charge in [0.2, 0.25) is 0 Å². The number of rotatable bonds is 7.